The minimum atomic E-state index is 0.0567. The topological polar surface area (TPSA) is 25.2 Å². The highest BCUT2D eigenvalue weighted by Gasteiger charge is 2.33. The molecule has 4 rings (SSSR count). The molecule has 1 saturated heterocycles. The van der Waals surface area contributed by atoms with Crippen LogP contribution in [0.5, 0.6) is 0 Å². The van der Waals surface area contributed by atoms with E-state index in [1.807, 2.05) is 53.6 Å². The molecule has 2 heterocycles. The maximum Gasteiger partial charge on any atom is 0.234 e. The van der Waals surface area contributed by atoms with E-state index in [4.69, 9.17) is 11.6 Å². The molecule has 3 aromatic rings. The van der Waals surface area contributed by atoms with Crippen LogP contribution in [0.1, 0.15) is 16.5 Å². The monoisotopic (exact) mass is 368 g/mol. The molecule has 126 valence electrons. The van der Waals surface area contributed by atoms with E-state index in [-0.39, 0.29) is 11.3 Å². The molecule has 0 unspecified atom stereocenters. The lowest BCUT2D eigenvalue weighted by Gasteiger charge is -2.23. The molecule has 1 amide bonds. The predicted molar refractivity (Wildman–Crippen MR) is 103 cm³/mol. The molecule has 0 bridgehead atoms. The Morgan fingerprint density at radius 2 is 1.80 bits per heavy atom. The molecule has 1 aliphatic rings. The van der Waals surface area contributed by atoms with Gasteiger partial charge in [-0.05, 0) is 35.9 Å². The number of aromatic nitrogens is 1. The molecule has 1 aliphatic heterocycles. The van der Waals surface area contributed by atoms with Gasteiger partial charge >= 0.3 is 0 Å². The van der Waals surface area contributed by atoms with Crippen LogP contribution in [-0.4, -0.2) is 21.1 Å². The number of carbonyl (C=O) groups excluding carboxylic acids is 1. The zero-order chi connectivity index (χ0) is 17.2. The molecule has 0 N–H and O–H groups in total. The molecule has 1 fully saturated rings. The maximum atomic E-state index is 12.4. The van der Waals surface area contributed by atoms with Gasteiger partial charge in [0.1, 0.15) is 5.37 Å². The van der Waals surface area contributed by atoms with Crippen molar-refractivity contribution in [3.8, 4) is 5.69 Å². The van der Waals surface area contributed by atoms with E-state index in [0.29, 0.717) is 12.3 Å². The second-order valence-corrected chi connectivity index (χ2v) is 7.50. The zero-order valence-electron chi connectivity index (χ0n) is 13.5. The van der Waals surface area contributed by atoms with Gasteiger partial charge in [0, 0.05) is 35.2 Å². The Morgan fingerprint density at radius 3 is 2.56 bits per heavy atom. The Hall–Kier alpha value is -2.17. The number of benzene rings is 2. The molecule has 0 saturated carbocycles. The molecular formula is C20H17ClN2OS. The number of halogens is 1. The molecule has 25 heavy (non-hydrogen) atoms. The second-order valence-electron chi connectivity index (χ2n) is 6.00. The number of hydrogen-bond donors (Lipinski definition) is 0. The van der Waals surface area contributed by atoms with Gasteiger partial charge in [-0.25, -0.2) is 0 Å². The third-order valence-electron chi connectivity index (χ3n) is 4.29. The number of thioether (sulfide) groups is 1. The fraction of sp³-hybridized carbons (Fsp3) is 0.150. The van der Waals surface area contributed by atoms with E-state index in [1.54, 1.807) is 11.8 Å². The van der Waals surface area contributed by atoms with Crippen LogP contribution in [0.25, 0.3) is 5.69 Å². The van der Waals surface area contributed by atoms with Crippen molar-refractivity contribution in [3.63, 3.8) is 0 Å². The normalized spacial score (nSPS) is 17.2. The van der Waals surface area contributed by atoms with Gasteiger partial charge < -0.3 is 9.47 Å². The highest BCUT2D eigenvalue weighted by atomic mass is 35.5. The summed E-state index contributed by atoms with van der Waals surface area (Å²) in [6.45, 7) is 0.642. The highest BCUT2D eigenvalue weighted by Crippen LogP contribution is 2.40. The van der Waals surface area contributed by atoms with Crippen LogP contribution < -0.4 is 0 Å². The Labute approximate surface area is 156 Å². The van der Waals surface area contributed by atoms with Crippen LogP contribution >= 0.6 is 23.4 Å². The average molecular weight is 369 g/mol. The third kappa shape index (κ3) is 3.46. The van der Waals surface area contributed by atoms with E-state index in [2.05, 4.69) is 29.0 Å². The SMILES string of the molecule is O=C1CS[C@@H](c2ccn(-c3ccc(Cl)cc3)c2)N1Cc1ccccc1. The first-order valence-electron chi connectivity index (χ1n) is 8.09. The van der Waals surface area contributed by atoms with E-state index in [1.165, 1.54) is 0 Å². The molecule has 0 radical (unpaired) electrons. The first-order valence-corrected chi connectivity index (χ1v) is 9.52. The van der Waals surface area contributed by atoms with Crippen molar-refractivity contribution in [2.24, 2.45) is 0 Å². The number of carbonyl (C=O) groups is 1. The number of rotatable bonds is 4. The summed E-state index contributed by atoms with van der Waals surface area (Å²) in [5.74, 6) is 0.724. The molecule has 5 heteroatoms. The Bertz CT molecular complexity index is 876. The van der Waals surface area contributed by atoms with Crippen LogP contribution in [0, 0.1) is 0 Å². The number of amides is 1. The zero-order valence-corrected chi connectivity index (χ0v) is 15.1. The van der Waals surface area contributed by atoms with Crippen molar-refractivity contribution >= 4 is 29.3 Å². The fourth-order valence-electron chi connectivity index (χ4n) is 3.01. The highest BCUT2D eigenvalue weighted by molar-refractivity contribution is 8.00. The smallest absolute Gasteiger partial charge is 0.234 e. The summed E-state index contributed by atoms with van der Waals surface area (Å²) in [4.78, 5) is 14.3. The lowest BCUT2D eigenvalue weighted by Crippen LogP contribution is -2.27. The van der Waals surface area contributed by atoms with Crippen molar-refractivity contribution < 1.29 is 4.79 Å². The van der Waals surface area contributed by atoms with Crippen molar-refractivity contribution in [2.45, 2.75) is 11.9 Å². The Balaban J connectivity index is 1.58. The molecule has 1 aromatic heterocycles. The molecule has 0 aliphatic carbocycles. The minimum Gasteiger partial charge on any atom is -0.323 e. The van der Waals surface area contributed by atoms with Crippen LogP contribution in [0.2, 0.25) is 5.02 Å². The van der Waals surface area contributed by atoms with E-state index >= 15 is 0 Å². The summed E-state index contributed by atoms with van der Waals surface area (Å²) in [7, 11) is 0. The van der Waals surface area contributed by atoms with Crippen LogP contribution in [0.15, 0.2) is 73.1 Å². The predicted octanol–water partition coefficient (Wildman–Crippen LogP) is 4.90. The molecule has 0 spiro atoms. The van der Waals surface area contributed by atoms with Gasteiger partial charge in [-0.1, -0.05) is 41.9 Å². The molecular weight excluding hydrogens is 352 g/mol. The summed E-state index contributed by atoms with van der Waals surface area (Å²) in [6.07, 6.45) is 4.13. The quantitative estimate of drug-likeness (QED) is 0.654. The van der Waals surface area contributed by atoms with Crippen LogP contribution in [-0.2, 0) is 11.3 Å². The first-order chi connectivity index (χ1) is 12.2. The van der Waals surface area contributed by atoms with Gasteiger partial charge in [0.05, 0.1) is 5.75 Å². The molecule has 1 atom stereocenters. The van der Waals surface area contributed by atoms with Crippen molar-refractivity contribution in [1.29, 1.82) is 0 Å². The maximum absolute atomic E-state index is 12.4. The average Bonchev–Trinajstić information content (AvgIpc) is 3.24. The van der Waals surface area contributed by atoms with Crippen LogP contribution in [0.3, 0.4) is 0 Å². The van der Waals surface area contributed by atoms with Crippen molar-refractivity contribution in [2.75, 3.05) is 5.75 Å². The van der Waals surface area contributed by atoms with Gasteiger partial charge in [-0.15, -0.1) is 11.8 Å². The number of nitrogens with zero attached hydrogens (tertiary/aromatic N) is 2. The van der Waals surface area contributed by atoms with Gasteiger partial charge in [0.2, 0.25) is 5.91 Å². The van der Waals surface area contributed by atoms with E-state index in [0.717, 1.165) is 21.8 Å². The van der Waals surface area contributed by atoms with Gasteiger partial charge in [-0.3, -0.25) is 4.79 Å². The van der Waals surface area contributed by atoms with Gasteiger partial charge in [0.15, 0.2) is 0 Å². The summed E-state index contributed by atoms with van der Waals surface area (Å²) < 4.78 is 2.07. The van der Waals surface area contributed by atoms with E-state index < -0.39 is 0 Å². The lowest BCUT2D eigenvalue weighted by atomic mass is 10.2. The van der Waals surface area contributed by atoms with Gasteiger partial charge in [0.25, 0.3) is 0 Å². The summed E-state index contributed by atoms with van der Waals surface area (Å²) >= 11 is 7.65. The van der Waals surface area contributed by atoms with Crippen molar-refractivity contribution in [1.82, 2.24) is 9.47 Å². The first kappa shape index (κ1) is 16.3. The lowest BCUT2D eigenvalue weighted by molar-refractivity contribution is -0.128. The van der Waals surface area contributed by atoms with Crippen LogP contribution in [0.4, 0.5) is 0 Å². The Morgan fingerprint density at radius 1 is 1.04 bits per heavy atom. The summed E-state index contributed by atoms with van der Waals surface area (Å²) in [5.41, 5.74) is 3.35. The van der Waals surface area contributed by atoms with E-state index in [9.17, 15) is 4.79 Å². The third-order valence-corrected chi connectivity index (χ3v) is 5.80. The second kappa shape index (κ2) is 6.98. The molecule has 3 nitrogen and oxygen atoms in total. The standard InChI is InChI=1S/C20H17ClN2OS/c21-17-6-8-18(9-7-17)22-11-10-16(13-22)20-23(19(24)14-25-20)12-15-4-2-1-3-5-15/h1-11,13,20H,12,14H2/t20-/m0/s1. The largest absolute Gasteiger partial charge is 0.323 e. The fourth-order valence-corrected chi connectivity index (χ4v) is 4.31. The minimum absolute atomic E-state index is 0.0567. The number of hydrogen-bond acceptors (Lipinski definition) is 2. The van der Waals surface area contributed by atoms with Gasteiger partial charge in [-0.2, -0.15) is 0 Å². The molecule has 2 aromatic carbocycles. The van der Waals surface area contributed by atoms with Crippen molar-refractivity contribution in [3.05, 3.63) is 89.2 Å². The Kier molecular flexibility index (Phi) is 4.55. The summed E-state index contributed by atoms with van der Waals surface area (Å²) in [6, 6.07) is 20.0. The summed E-state index contributed by atoms with van der Waals surface area (Å²) in [5, 5.41) is 0.781.